The highest BCUT2D eigenvalue weighted by Crippen LogP contribution is 2.20. The van der Waals surface area contributed by atoms with Crippen molar-refractivity contribution in [1.29, 1.82) is 0 Å². The van der Waals surface area contributed by atoms with E-state index in [1.165, 1.54) is 0 Å². The van der Waals surface area contributed by atoms with Gasteiger partial charge in [0.1, 0.15) is 0 Å². The summed E-state index contributed by atoms with van der Waals surface area (Å²) in [5.41, 5.74) is 0. The average molecular weight is 270 g/mol. The highest BCUT2D eigenvalue weighted by Gasteiger charge is 2.27. The van der Waals surface area contributed by atoms with E-state index in [1.54, 1.807) is 0 Å². The van der Waals surface area contributed by atoms with Crippen molar-refractivity contribution >= 4 is 6.09 Å². The van der Waals surface area contributed by atoms with Gasteiger partial charge in [-0.25, -0.2) is 4.79 Å². The van der Waals surface area contributed by atoms with Crippen molar-refractivity contribution in [3.63, 3.8) is 0 Å². The number of likely N-dealkylation sites (tertiary alicyclic amines) is 1. The summed E-state index contributed by atoms with van der Waals surface area (Å²) in [6.07, 6.45) is 3.41. The van der Waals surface area contributed by atoms with E-state index in [9.17, 15) is 4.79 Å². The Morgan fingerprint density at radius 2 is 2.11 bits per heavy atom. The van der Waals surface area contributed by atoms with Crippen LogP contribution in [0.15, 0.2) is 0 Å². The fourth-order valence-corrected chi connectivity index (χ4v) is 2.84. The Bertz CT molecular complexity index is 290. The van der Waals surface area contributed by atoms with Crippen LogP contribution in [0.4, 0.5) is 4.79 Å². The molecule has 2 atom stereocenters. The second-order valence-electron chi connectivity index (χ2n) is 5.49. The number of rotatable bonds is 4. The van der Waals surface area contributed by atoms with Crippen LogP contribution in [0.3, 0.4) is 0 Å². The molecule has 0 aromatic heterocycles. The summed E-state index contributed by atoms with van der Waals surface area (Å²) in [5.74, 6) is 0.642. The number of ether oxygens (including phenoxy) is 2. The summed E-state index contributed by atoms with van der Waals surface area (Å²) in [4.78, 5) is 13.4. The first-order valence-corrected chi connectivity index (χ1v) is 7.47. The summed E-state index contributed by atoms with van der Waals surface area (Å²) in [5, 5.41) is 3.63. The normalized spacial score (nSPS) is 28.6. The standard InChI is InChI=1S/C14H26N2O3/c1-3-18-14(17)16-7-4-13(5-8-16)15-10-12-6-9-19-11(12)2/h11-13,15H,3-10H2,1-2H3. The molecule has 1 amide bonds. The maximum absolute atomic E-state index is 11.6. The van der Waals surface area contributed by atoms with Gasteiger partial charge in [0.05, 0.1) is 12.7 Å². The summed E-state index contributed by atoms with van der Waals surface area (Å²) in [6.45, 7) is 7.98. The number of nitrogens with zero attached hydrogens (tertiary/aromatic N) is 1. The molecule has 0 bridgehead atoms. The molecule has 0 saturated carbocycles. The molecular formula is C14H26N2O3. The average Bonchev–Trinajstić information content (AvgIpc) is 2.83. The molecule has 2 rings (SSSR count). The van der Waals surface area contributed by atoms with E-state index in [-0.39, 0.29) is 6.09 Å². The van der Waals surface area contributed by atoms with Crippen molar-refractivity contribution in [2.24, 2.45) is 5.92 Å². The van der Waals surface area contributed by atoms with Crippen molar-refractivity contribution in [2.75, 3.05) is 32.8 Å². The molecule has 0 radical (unpaired) electrons. The quantitative estimate of drug-likeness (QED) is 0.843. The fourth-order valence-electron chi connectivity index (χ4n) is 2.84. The van der Waals surface area contributed by atoms with E-state index in [2.05, 4.69) is 12.2 Å². The lowest BCUT2D eigenvalue weighted by atomic mass is 10.0. The maximum atomic E-state index is 11.6. The third-order valence-electron chi connectivity index (χ3n) is 4.22. The number of nitrogens with one attached hydrogen (secondary N) is 1. The van der Waals surface area contributed by atoms with Crippen molar-refractivity contribution in [3.8, 4) is 0 Å². The third kappa shape index (κ3) is 4.08. The Hall–Kier alpha value is -0.810. The van der Waals surface area contributed by atoms with Crippen molar-refractivity contribution in [1.82, 2.24) is 10.2 Å². The molecule has 2 heterocycles. The number of carbonyl (C=O) groups excluding carboxylic acids is 1. The highest BCUT2D eigenvalue weighted by molar-refractivity contribution is 5.67. The van der Waals surface area contributed by atoms with Crippen LogP contribution in [-0.2, 0) is 9.47 Å². The Balaban J connectivity index is 1.64. The van der Waals surface area contributed by atoms with Gasteiger partial charge in [0, 0.05) is 32.3 Å². The van der Waals surface area contributed by atoms with Crippen LogP contribution in [0, 0.1) is 5.92 Å². The zero-order valence-corrected chi connectivity index (χ0v) is 12.1. The fraction of sp³-hybridized carbons (Fsp3) is 0.929. The lowest BCUT2D eigenvalue weighted by Crippen LogP contribution is -2.46. The third-order valence-corrected chi connectivity index (χ3v) is 4.22. The minimum atomic E-state index is -0.168. The summed E-state index contributed by atoms with van der Waals surface area (Å²) < 4.78 is 10.6. The molecule has 0 aromatic rings. The highest BCUT2D eigenvalue weighted by atomic mass is 16.6. The second kappa shape index (κ2) is 7.10. The molecule has 2 aliphatic heterocycles. The number of hydrogen-bond acceptors (Lipinski definition) is 4. The molecule has 1 N–H and O–H groups in total. The smallest absolute Gasteiger partial charge is 0.409 e. The summed E-state index contributed by atoms with van der Waals surface area (Å²) in [6, 6.07) is 0.526. The van der Waals surface area contributed by atoms with E-state index in [1.807, 2.05) is 11.8 Å². The van der Waals surface area contributed by atoms with E-state index in [0.29, 0.717) is 24.7 Å². The van der Waals surface area contributed by atoms with E-state index in [0.717, 1.165) is 45.5 Å². The van der Waals surface area contributed by atoms with Crippen molar-refractivity contribution < 1.29 is 14.3 Å². The van der Waals surface area contributed by atoms with Gasteiger partial charge >= 0.3 is 6.09 Å². The van der Waals surface area contributed by atoms with Crippen LogP contribution in [0.5, 0.6) is 0 Å². The molecule has 2 fully saturated rings. The molecule has 2 unspecified atom stereocenters. The summed E-state index contributed by atoms with van der Waals surface area (Å²) >= 11 is 0. The van der Waals surface area contributed by atoms with Crippen molar-refractivity contribution in [2.45, 2.75) is 45.3 Å². The molecular weight excluding hydrogens is 244 g/mol. The van der Waals surface area contributed by atoms with Gasteiger partial charge in [0.2, 0.25) is 0 Å². The zero-order valence-electron chi connectivity index (χ0n) is 12.1. The Kier molecular flexibility index (Phi) is 5.45. The van der Waals surface area contributed by atoms with Gasteiger partial charge in [-0.15, -0.1) is 0 Å². The largest absolute Gasteiger partial charge is 0.450 e. The SMILES string of the molecule is CCOC(=O)N1CCC(NCC2CCOC2C)CC1. The molecule has 0 aliphatic carbocycles. The van der Waals surface area contributed by atoms with Crippen LogP contribution in [0.1, 0.15) is 33.1 Å². The van der Waals surface area contributed by atoms with Crippen LogP contribution < -0.4 is 5.32 Å². The number of hydrogen-bond donors (Lipinski definition) is 1. The first-order chi connectivity index (χ1) is 9.20. The molecule has 0 spiro atoms. The summed E-state index contributed by atoms with van der Waals surface area (Å²) in [7, 11) is 0. The van der Waals surface area contributed by atoms with E-state index >= 15 is 0 Å². The van der Waals surface area contributed by atoms with Gasteiger partial charge in [-0.05, 0) is 39.0 Å². The Labute approximate surface area is 115 Å². The maximum Gasteiger partial charge on any atom is 0.409 e. The minimum Gasteiger partial charge on any atom is -0.450 e. The van der Waals surface area contributed by atoms with Gasteiger partial charge in [-0.3, -0.25) is 0 Å². The molecule has 5 nitrogen and oxygen atoms in total. The molecule has 5 heteroatoms. The zero-order chi connectivity index (χ0) is 13.7. The van der Waals surface area contributed by atoms with Crippen LogP contribution in [-0.4, -0.2) is 56.0 Å². The van der Waals surface area contributed by atoms with E-state index in [4.69, 9.17) is 9.47 Å². The molecule has 2 saturated heterocycles. The van der Waals surface area contributed by atoms with Gasteiger partial charge in [-0.2, -0.15) is 0 Å². The Morgan fingerprint density at radius 1 is 1.37 bits per heavy atom. The van der Waals surface area contributed by atoms with Crippen molar-refractivity contribution in [3.05, 3.63) is 0 Å². The van der Waals surface area contributed by atoms with Crippen LogP contribution in [0.2, 0.25) is 0 Å². The van der Waals surface area contributed by atoms with Crippen LogP contribution in [0.25, 0.3) is 0 Å². The first-order valence-electron chi connectivity index (χ1n) is 7.47. The van der Waals surface area contributed by atoms with Gasteiger partial charge in [0.15, 0.2) is 0 Å². The van der Waals surface area contributed by atoms with E-state index < -0.39 is 0 Å². The minimum absolute atomic E-state index is 0.168. The lowest BCUT2D eigenvalue weighted by Gasteiger charge is -2.32. The molecule has 19 heavy (non-hydrogen) atoms. The van der Waals surface area contributed by atoms with Gasteiger partial charge in [0.25, 0.3) is 0 Å². The molecule has 110 valence electrons. The lowest BCUT2D eigenvalue weighted by molar-refractivity contribution is 0.0920. The monoisotopic (exact) mass is 270 g/mol. The van der Waals surface area contributed by atoms with Gasteiger partial charge in [-0.1, -0.05) is 0 Å². The second-order valence-corrected chi connectivity index (χ2v) is 5.49. The predicted molar refractivity (Wildman–Crippen MR) is 73.1 cm³/mol. The Morgan fingerprint density at radius 3 is 2.68 bits per heavy atom. The molecule has 2 aliphatic rings. The molecule has 0 aromatic carbocycles. The number of carbonyl (C=O) groups is 1. The number of amides is 1. The van der Waals surface area contributed by atoms with Crippen LogP contribution >= 0.6 is 0 Å². The van der Waals surface area contributed by atoms with Gasteiger partial charge < -0.3 is 19.7 Å². The first kappa shape index (κ1) is 14.6. The number of piperidine rings is 1. The predicted octanol–water partition coefficient (Wildman–Crippen LogP) is 1.62. The topological polar surface area (TPSA) is 50.8 Å².